The maximum Gasteiger partial charge on any atom is 0.348 e. The Morgan fingerprint density at radius 3 is 2.50 bits per heavy atom. The predicted octanol–water partition coefficient (Wildman–Crippen LogP) is 2.22. The maximum atomic E-state index is 12.3. The summed E-state index contributed by atoms with van der Waals surface area (Å²) in [5, 5.41) is 14.8. The van der Waals surface area contributed by atoms with Gasteiger partial charge >= 0.3 is 8.03 Å². The molecule has 2 aromatic carbocycles. The third-order valence-electron chi connectivity index (χ3n) is 3.96. The first-order chi connectivity index (χ1) is 13.5. The number of rotatable bonds is 4. The van der Waals surface area contributed by atoms with Crippen molar-refractivity contribution in [3.05, 3.63) is 59.9 Å². The van der Waals surface area contributed by atoms with Crippen LogP contribution in [0.2, 0.25) is 0 Å². The van der Waals surface area contributed by atoms with Crippen molar-refractivity contribution in [2.24, 2.45) is 0 Å². The zero-order valence-corrected chi connectivity index (χ0v) is 16.7. The van der Waals surface area contributed by atoms with Crippen LogP contribution in [0.4, 0.5) is 10.1 Å². The van der Waals surface area contributed by atoms with Gasteiger partial charge in [0.15, 0.2) is 5.30 Å². The van der Waals surface area contributed by atoms with Gasteiger partial charge in [0.05, 0.1) is 6.61 Å². The van der Waals surface area contributed by atoms with Gasteiger partial charge in [-0.25, -0.2) is 4.39 Å². The second-order valence-electron chi connectivity index (χ2n) is 6.06. The molecule has 2 aromatic rings. The van der Waals surface area contributed by atoms with E-state index in [1.165, 1.54) is 43.2 Å². The first-order valence-corrected chi connectivity index (χ1v) is 10.1. The number of piperidine rings is 1. The number of nitrogens with one attached hydrogen (secondary N) is 2. The van der Waals surface area contributed by atoms with Crippen LogP contribution in [0, 0.1) is 5.82 Å². The third-order valence-corrected chi connectivity index (χ3v) is 4.66. The Hall–Kier alpha value is -2.18. The average molecular weight is 408 g/mol. The Balaban J connectivity index is 0.000000213. The summed E-state index contributed by atoms with van der Waals surface area (Å²) in [5.74, 6) is -0.207. The van der Waals surface area contributed by atoms with Gasteiger partial charge in [-0.3, -0.25) is 4.79 Å². The third kappa shape index (κ3) is 9.67. The molecule has 6 nitrogen and oxygen atoms in total. The number of aldehydes is 1. The van der Waals surface area contributed by atoms with Crippen molar-refractivity contribution >= 4 is 25.3 Å². The highest BCUT2D eigenvalue weighted by Crippen LogP contribution is 2.08. The molecular weight excluding hydrogens is 382 g/mol. The SMILES string of the molecule is CNc1cccc(F)c1.O=Cc1cccc([P+](=O)[O-])c1.OCC1CCCCN1. The fourth-order valence-electron chi connectivity index (χ4n) is 2.44. The highest BCUT2D eigenvalue weighted by molar-refractivity contribution is 7.45. The van der Waals surface area contributed by atoms with Crippen LogP contribution in [-0.2, 0) is 4.57 Å². The molecule has 1 aliphatic rings. The van der Waals surface area contributed by atoms with Gasteiger partial charge in [0.2, 0.25) is 0 Å². The quantitative estimate of drug-likeness (QED) is 0.530. The topological polar surface area (TPSA) is 101 Å². The standard InChI is InChI=1S/C7H8FN.C7H5O3P.C6H13NO/c1-9-7-4-2-3-6(8)5-7;8-5-6-2-1-3-7(4-6)11(9)10;8-5-6-3-1-2-4-7-6/h2-5,9H,1H3;1-5H;6-8H,1-5H2. The lowest BCUT2D eigenvalue weighted by Crippen LogP contribution is -2.36. The Labute approximate surface area is 165 Å². The number of anilines is 1. The van der Waals surface area contributed by atoms with Crippen LogP contribution in [0.3, 0.4) is 0 Å². The van der Waals surface area contributed by atoms with Crippen LogP contribution in [0.25, 0.3) is 0 Å². The molecule has 1 heterocycles. The van der Waals surface area contributed by atoms with Gasteiger partial charge in [-0.2, -0.15) is 0 Å². The molecular formula is C20H26FN2O4P. The number of halogens is 1. The minimum absolute atomic E-state index is 0.171. The number of hydrogen-bond acceptors (Lipinski definition) is 6. The van der Waals surface area contributed by atoms with Crippen LogP contribution in [0.1, 0.15) is 29.6 Å². The monoisotopic (exact) mass is 408 g/mol. The van der Waals surface area contributed by atoms with E-state index >= 15 is 0 Å². The van der Waals surface area contributed by atoms with Gasteiger partial charge < -0.3 is 20.6 Å². The van der Waals surface area contributed by atoms with Gasteiger partial charge in [0.25, 0.3) is 0 Å². The molecule has 1 fully saturated rings. The lowest BCUT2D eigenvalue weighted by atomic mass is 10.1. The zero-order valence-electron chi connectivity index (χ0n) is 15.8. The van der Waals surface area contributed by atoms with E-state index < -0.39 is 8.03 Å². The molecule has 2 atom stereocenters. The van der Waals surface area contributed by atoms with Crippen LogP contribution in [0.5, 0.6) is 0 Å². The van der Waals surface area contributed by atoms with Crippen molar-refractivity contribution in [1.29, 1.82) is 0 Å². The minimum Gasteiger partial charge on any atom is -0.591 e. The van der Waals surface area contributed by atoms with Crippen LogP contribution in [-0.4, -0.2) is 37.6 Å². The van der Waals surface area contributed by atoms with Gasteiger partial charge in [-0.15, -0.1) is 0 Å². The largest absolute Gasteiger partial charge is 0.591 e. The lowest BCUT2D eigenvalue weighted by Gasteiger charge is -2.20. The second-order valence-corrected chi connectivity index (χ2v) is 7.09. The van der Waals surface area contributed by atoms with E-state index in [9.17, 15) is 18.6 Å². The second kappa shape index (κ2) is 13.9. The number of carbonyl (C=O) groups excluding carboxylic acids is 1. The summed E-state index contributed by atoms with van der Waals surface area (Å²) in [6.07, 6.45) is 4.31. The van der Waals surface area contributed by atoms with Crippen molar-refractivity contribution in [2.45, 2.75) is 25.3 Å². The molecule has 3 N–H and O–H groups in total. The Morgan fingerprint density at radius 1 is 1.29 bits per heavy atom. The highest BCUT2D eigenvalue weighted by Gasteiger charge is 2.09. The summed E-state index contributed by atoms with van der Waals surface area (Å²) in [4.78, 5) is 20.6. The zero-order chi connectivity index (χ0) is 20.8. The highest BCUT2D eigenvalue weighted by atomic mass is 31.1. The molecule has 0 bridgehead atoms. The number of hydrogen-bond donors (Lipinski definition) is 3. The van der Waals surface area contributed by atoms with Crippen molar-refractivity contribution in [1.82, 2.24) is 5.32 Å². The smallest absolute Gasteiger partial charge is 0.348 e. The summed E-state index contributed by atoms with van der Waals surface area (Å²) < 4.78 is 22.7. The van der Waals surface area contributed by atoms with E-state index in [4.69, 9.17) is 5.11 Å². The van der Waals surface area contributed by atoms with E-state index in [0.29, 0.717) is 24.5 Å². The van der Waals surface area contributed by atoms with E-state index in [1.807, 2.05) is 6.07 Å². The van der Waals surface area contributed by atoms with Gasteiger partial charge in [0, 0.05) is 30.4 Å². The lowest BCUT2D eigenvalue weighted by molar-refractivity contribution is -0.160. The average Bonchev–Trinajstić information content (AvgIpc) is 2.75. The number of benzene rings is 2. The summed E-state index contributed by atoms with van der Waals surface area (Å²) >= 11 is 0. The van der Waals surface area contributed by atoms with E-state index in [1.54, 1.807) is 19.2 Å². The van der Waals surface area contributed by atoms with Crippen molar-refractivity contribution < 1.29 is 23.7 Å². The van der Waals surface area contributed by atoms with Crippen LogP contribution < -0.4 is 20.8 Å². The molecule has 0 aliphatic carbocycles. The molecule has 3 rings (SSSR count). The molecule has 1 saturated heterocycles. The summed E-state index contributed by atoms with van der Waals surface area (Å²) in [7, 11) is -0.818. The van der Waals surface area contributed by atoms with E-state index in [2.05, 4.69) is 10.6 Å². The van der Waals surface area contributed by atoms with E-state index in [-0.39, 0.29) is 11.1 Å². The molecule has 8 heteroatoms. The molecule has 0 aromatic heterocycles. The molecule has 0 radical (unpaired) electrons. The summed E-state index contributed by atoms with van der Waals surface area (Å²) in [6, 6.07) is 12.6. The van der Waals surface area contributed by atoms with Crippen LogP contribution in [0.15, 0.2) is 48.5 Å². The first-order valence-electron chi connectivity index (χ1n) is 8.97. The van der Waals surface area contributed by atoms with Crippen molar-refractivity contribution in [3.63, 3.8) is 0 Å². The molecule has 0 amide bonds. The van der Waals surface area contributed by atoms with Gasteiger partial charge in [-0.1, -0.05) is 29.2 Å². The minimum atomic E-state index is -2.58. The Morgan fingerprint density at radius 2 is 2.04 bits per heavy atom. The van der Waals surface area contributed by atoms with Gasteiger partial charge in [0.1, 0.15) is 12.1 Å². The van der Waals surface area contributed by atoms with Gasteiger partial charge in [-0.05, 0) is 43.7 Å². The van der Waals surface area contributed by atoms with E-state index in [0.717, 1.165) is 18.7 Å². The van der Waals surface area contributed by atoms with Crippen molar-refractivity contribution in [3.8, 4) is 0 Å². The number of aliphatic hydroxyl groups is 1. The number of carbonyl (C=O) groups is 1. The predicted molar refractivity (Wildman–Crippen MR) is 108 cm³/mol. The fourth-order valence-corrected chi connectivity index (χ4v) is 2.90. The Kier molecular flexibility index (Phi) is 11.9. The van der Waals surface area contributed by atoms with Crippen molar-refractivity contribution in [2.75, 3.05) is 25.5 Å². The molecule has 0 saturated carbocycles. The first kappa shape index (κ1) is 23.9. The fraction of sp³-hybridized carbons (Fsp3) is 0.350. The summed E-state index contributed by atoms with van der Waals surface area (Å²) in [6.45, 7) is 1.39. The molecule has 152 valence electrons. The molecule has 28 heavy (non-hydrogen) atoms. The summed E-state index contributed by atoms with van der Waals surface area (Å²) in [5.41, 5.74) is 1.18. The molecule has 1 aliphatic heterocycles. The maximum absolute atomic E-state index is 12.3. The normalized spacial score (nSPS) is 15.9. The molecule has 0 spiro atoms. The number of aliphatic hydroxyl groups excluding tert-OH is 1. The Bertz CT molecular complexity index is 740. The molecule has 2 unspecified atom stereocenters. The van der Waals surface area contributed by atoms with Crippen LogP contribution >= 0.6 is 8.03 Å².